The molecule has 0 fully saturated rings. The molecule has 22 heavy (non-hydrogen) atoms. The first-order chi connectivity index (χ1) is 10.6. The van der Waals surface area contributed by atoms with E-state index in [9.17, 15) is 0 Å². The number of hydrogen-bond donors (Lipinski definition) is 0. The van der Waals surface area contributed by atoms with Crippen LogP contribution in [0.5, 0.6) is 0 Å². The molecule has 3 heterocycles. The van der Waals surface area contributed by atoms with Gasteiger partial charge in [0, 0.05) is 25.4 Å². The number of aromatic nitrogens is 6. The van der Waals surface area contributed by atoms with Gasteiger partial charge in [0.05, 0.1) is 5.56 Å². The highest BCUT2D eigenvalue weighted by molar-refractivity contribution is 6.32. The summed E-state index contributed by atoms with van der Waals surface area (Å²) in [6, 6.07) is 3.48. The summed E-state index contributed by atoms with van der Waals surface area (Å²) in [6.07, 6.45) is 4.60. The van der Waals surface area contributed by atoms with Crippen LogP contribution in [-0.2, 0) is 13.6 Å². The van der Waals surface area contributed by atoms with Crippen LogP contribution in [0.25, 0.3) is 22.6 Å². The molecule has 0 spiro atoms. The summed E-state index contributed by atoms with van der Waals surface area (Å²) >= 11 is 12.0. The molecule has 3 aromatic heterocycles. The van der Waals surface area contributed by atoms with Gasteiger partial charge < -0.3 is 4.57 Å². The molecule has 0 aromatic carbocycles. The molecular weight excluding hydrogens is 323 g/mol. The maximum absolute atomic E-state index is 6.01. The van der Waals surface area contributed by atoms with Gasteiger partial charge in [-0.05, 0) is 18.6 Å². The van der Waals surface area contributed by atoms with Crippen LogP contribution in [0.1, 0.15) is 13.3 Å². The van der Waals surface area contributed by atoms with E-state index in [4.69, 9.17) is 23.2 Å². The predicted octanol–water partition coefficient (Wildman–Crippen LogP) is 3.46. The minimum Gasteiger partial charge on any atom is -0.317 e. The van der Waals surface area contributed by atoms with Crippen molar-refractivity contribution in [2.75, 3.05) is 0 Å². The van der Waals surface area contributed by atoms with Crippen LogP contribution in [0, 0.1) is 0 Å². The summed E-state index contributed by atoms with van der Waals surface area (Å²) in [5, 5.41) is 13.4. The molecule has 0 aliphatic carbocycles. The van der Waals surface area contributed by atoms with Crippen LogP contribution in [0.15, 0.2) is 24.7 Å². The van der Waals surface area contributed by atoms with E-state index in [1.54, 1.807) is 18.5 Å². The van der Waals surface area contributed by atoms with E-state index in [1.165, 1.54) is 0 Å². The average molecular weight is 337 g/mol. The molecule has 3 aromatic rings. The van der Waals surface area contributed by atoms with Gasteiger partial charge in [0.2, 0.25) is 0 Å². The summed E-state index contributed by atoms with van der Waals surface area (Å²) in [6.45, 7) is 2.92. The van der Waals surface area contributed by atoms with Gasteiger partial charge in [-0.15, -0.1) is 10.2 Å². The largest absolute Gasteiger partial charge is 0.317 e. The molecule has 0 bridgehead atoms. The molecule has 3 rings (SSSR count). The Morgan fingerprint density at radius 2 is 1.91 bits per heavy atom. The van der Waals surface area contributed by atoms with Gasteiger partial charge in [-0.2, -0.15) is 5.10 Å². The molecule has 0 N–H and O–H groups in total. The molecule has 0 radical (unpaired) electrons. The van der Waals surface area contributed by atoms with Crippen molar-refractivity contribution in [3.05, 3.63) is 35.0 Å². The average Bonchev–Trinajstić information content (AvgIpc) is 3.04. The minimum absolute atomic E-state index is 0.330. The fourth-order valence-electron chi connectivity index (χ4n) is 2.27. The second-order valence-electron chi connectivity index (χ2n) is 4.92. The lowest BCUT2D eigenvalue weighted by Gasteiger charge is -2.03. The van der Waals surface area contributed by atoms with Gasteiger partial charge in [-0.25, -0.2) is 4.98 Å². The van der Waals surface area contributed by atoms with Gasteiger partial charge in [0.15, 0.2) is 5.82 Å². The molecule has 8 heteroatoms. The number of hydrogen-bond acceptors (Lipinski definition) is 4. The second-order valence-corrected chi connectivity index (χ2v) is 5.70. The van der Waals surface area contributed by atoms with E-state index in [0.717, 1.165) is 35.6 Å². The van der Waals surface area contributed by atoms with Gasteiger partial charge in [-0.3, -0.25) is 4.68 Å². The third-order valence-corrected chi connectivity index (χ3v) is 3.59. The molecule has 0 atom stereocenters. The van der Waals surface area contributed by atoms with Crippen molar-refractivity contribution in [1.82, 2.24) is 29.5 Å². The van der Waals surface area contributed by atoms with Crippen molar-refractivity contribution in [3.8, 4) is 22.6 Å². The van der Waals surface area contributed by atoms with Crippen molar-refractivity contribution < 1.29 is 0 Å². The molecule has 0 amide bonds. The number of rotatable bonds is 4. The zero-order valence-corrected chi connectivity index (χ0v) is 13.7. The Balaban J connectivity index is 2.19. The lowest BCUT2D eigenvalue weighted by atomic mass is 10.1. The van der Waals surface area contributed by atoms with Crippen molar-refractivity contribution >= 4 is 23.2 Å². The van der Waals surface area contributed by atoms with E-state index in [0.29, 0.717) is 10.3 Å². The second kappa shape index (κ2) is 6.06. The Morgan fingerprint density at radius 1 is 1.18 bits per heavy atom. The Bertz CT molecular complexity index is 787. The summed E-state index contributed by atoms with van der Waals surface area (Å²) in [7, 11) is 1.89. The number of aryl methyl sites for hydroxylation is 2. The first-order valence-electron chi connectivity index (χ1n) is 6.83. The highest BCUT2D eigenvalue weighted by Crippen LogP contribution is 2.32. The Kier molecular flexibility index (Phi) is 4.13. The summed E-state index contributed by atoms with van der Waals surface area (Å²) in [5.74, 6) is 0.737. The van der Waals surface area contributed by atoms with E-state index < -0.39 is 0 Å². The van der Waals surface area contributed by atoms with E-state index >= 15 is 0 Å². The topological polar surface area (TPSA) is 61.4 Å². The van der Waals surface area contributed by atoms with Crippen LogP contribution >= 0.6 is 23.2 Å². The highest BCUT2D eigenvalue weighted by Gasteiger charge is 2.18. The van der Waals surface area contributed by atoms with Gasteiger partial charge in [0.25, 0.3) is 0 Å². The SMILES string of the molecule is CCCn1cc(-c2nncn2C)c(-c2cc(Cl)nc(Cl)c2)n1. The molecule has 0 saturated heterocycles. The fourth-order valence-corrected chi connectivity index (χ4v) is 2.73. The first-order valence-corrected chi connectivity index (χ1v) is 7.59. The number of pyridine rings is 1. The molecule has 0 aliphatic heterocycles. The molecule has 0 unspecified atom stereocenters. The number of nitrogens with zero attached hydrogens (tertiary/aromatic N) is 6. The molecule has 6 nitrogen and oxygen atoms in total. The summed E-state index contributed by atoms with van der Waals surface area (Å²) < 4.78 is 3.74. The van der Waals surface area contributed by atoms with Gasteiger partial charge in [-0.1, -0.05) is 30.1 Å². The predicted molar refractivity (Wildman–Crippen MR) is 85.8 cm³/mol. The minimum atomic E-state index is 0.330. The lowest BCUT2D eigenvalue weighted by molar-refractivity contribution is 0.604. The molecular formula is C14H14Cl2N6. The molecule has 0 saturated carbocycles. The van der Waals surface area contributed by atoms with E-state index in [2.05, 4.69) is 27.2 Å². The quantitative estimate of drug-likeness (QED) is 0.684. The summed E-state index contributed by atoms with van der Waals surface area (Å²) in [4.78, 5) is 3.98. The van der Waals surface area contributed by atoms with E-state index in [1.807, 2.05) is 22.5 Å². The number of halogens is 2. The Labute approximate surface area is 137 Å². The maximum Gasteiger partial charge on any atom is 0.167 e. The Hall–Kier alpha value is -1.92. The van der Waals surface area contributed by atoms with Crippen molar-refractivity contribution in [1.29, 1.82) is 0 Å². The molecule has 0 aliphatic rings. The maximum atomic E-state index is 6.01. The third-order valence-electron chi connectivity index (χ3n) is 3.20. The van der Waals surface area contributed by atoms with Crippen LogP contribution < -0.4 is 0 Å². The first kappa shape index (κ1) is 15.0. The monoisotopic (exact) mass is 336 g/mol. The summed E-state index contributed by atoms with van der Waals surface area (Å²) in [5.41, 5.74) is 2.44. The Morgan fingerprint density at radius 3 is 2.50 bits per heavy atom. The fraction of sp³-hybridized carbons (Fsp3) is 0.286. The third kappa shape index (κ3) is 2.84. The van der Waals surface area contributed by atoms with Crippen molar-refractivity contribution in [2.24, 2.45) is 7.05 Å². The van der Waals surface area contributed by atoms with Crippen LogP contribution in [0.2, 0.25) is 10.3 Å². The van der Waals surface area contributed by atoms with Crippen LogP contribution in [0.4, 0.5) is 0 Å². The zero-order chi connectivity index (χ0) is 15.7. The zero-order valence-electron chi connectivity index (χ0n) is 12.2. The van der Waals surface area contributed by atoms with Crippen molar-refractivity contribution in [3.63, 3.8) is 0 Å². The normalized spacial score (nSPS) is 11.1. The highest BCUT2D eigenvalue weighted by atomic mass is 35.5. The van der Waals surface area contributed by atoms with Gasteiger partial charge in [0.1, 0.15) is 22.3 Å². The lowest BCUT2D eigenvalue weighted by Crippen LogP contribution is -1.96. The van der Waals surface area contributed by atoms with Gasteiger partial charge >= 0.3 is 0 Å². The standard InChI is InChI=1S/C14H14Cl2N6/c1-3-4-22-7-10(14-19-17-8-21(14)2)13(20-22)9-5-11(15)18-12(16)6-9/h5-8H,3-4H2,1-2H3. The van der Waals surface area contributed by atoms with Crippen LogP contribution in [0.3, 0.4) is 0 Å². The van der Waals surface area contributed by atoms with Crippen molar-refractivity contribution in [2.45, 2.75) is 19.9 Å². The van der Waals surface area contributed by atoms with E-state index in [-0.39, 0.29) is 0 Å². The molecule has 114 valence electrons. The smallest absolute Gasteiger partial charge is 0.167 e. The van der Waals surface area contributed by atoms with Crippen LogP contribution in [-0.4, -0.2) is 29.5 Å².